The zero-order valence-electron chi connectivity index (χ0n) is 6.60. The van der Waals surface area contributed by atoms with E-state index in [1.54, 1.807) is 4.57 Å². The van der Waals surface area contributed by atoms with Crippen LogP contribution in [0, 0.1) is 5.39 Å². The highest BCUT2D eigenvalue weighted by Crippen LogP contribution is 2.18. The maximum atomic E-state index is 8.56. The Balaban J connectivity index is 2.90. The van der Waals surface area contributed by atoms with Crippen LogP contribution in [0.2, 0.25) is 0 Å². The second-order valence-corrected chi connectivity index (χ2v) is 2.56. The molecular formula is C8H7N4+. The Kier molecular flexibility index (Phi) is 1.31. The van der Waals surface area contributed by atoms with E-state index < -0.39 is 0 Å². The van der Waals surface area contributed by atoms with Gasteiger partial charge < -0.3 is 0 Å². The van der Waals surface area contributed by atoms with E-state index in [1.165, 1.54) is 0 Å². The number of hydrogen-bond acceptors (Lipinski definition) is 2. The third-order valence-corrected chi connectivity index (χ3v) is 1.85. The molecule has 0 N–H and O–H groups in total. The normalized spacial score (nSPS) is 10.0. The lowest BCUT2D eigenvalue weighted by atomic mass is 10.3. The predicted molar refractivity (Wildman–Crippen MR) is 45.5 cm³/mol. The number of rotatable bonds is 0. The number of nitrogens with zero attached hydrogens (tertiary/aromatic N) is 4. The number of para-hydroxylation sites is 2. The van der Waals surface area contributed by atoms with Gasteiger partial charge in [0.25, 0.3) is 0 Å². The molecule has 0 aliphatic carbocycles. The molecule has 12 heavy (non-hydrogen) atoms. The van der Waals surface area contributed by atoms with E-state index in [9.17, 15) is 0 Å². The molecule has 0 atom stereocenters. The minimum Gasteiger partial charge on any atom is -0.211 e. The molecule has 4 heteroatoms. The lowest BCUT2D eigenvalue weighted by molar-refractivity contribution is 0.967. The molecule has 4 nitrogen and oxygen atoms in total. The number of aromatic nitrogens is 2. The van der Waals surface area contributed by atoms with Crippen molar-refractivity contribution in [3.05, 3.63) is 29.2 Å². The fraction of sp³-hybridized carbons (Fsp3) is 0.125. The highest BCUT2D eigenvalue weighted by molar-refractivity contribution is 5.78. The second kappa shape index (κ2) is 2.31. The summed E-state index contributed by atoms with van der Waals surface area (Å²) in [5.41, 5.74) is 1.80. The van der Waals surface area contributed by atoms with E-state index in [4.69, 9.17) is 5.39 Å². The van der Waals surface area contributed by atoms with Crippen LogP contribution in [0.15, 0.2) is 24.3 Å². The first-order valence-corrected chi connectivity index (χ1v) is 3.59. The molecule has 0 saturated carbocycles. The topological polar surface area (TPSA) is 46.0 Å². The maximum Gasteiger partial charge on any atom is 0.528 e. The Morgan fingerprint density at radius 1 is 1.42 bits per heavy atom. The zero-order valence-corrected chi connectivity index (χ0v) is 6.60. The van der Waals surface area contributed by atoms with Crippen LogP contribution in [0.3, 0.4) is 0 Å². The Bertz CT molecular complexity index is 463. The van der Waals surface area contributed by atoms with Crippen LogP contribution in [0.4, 0.5) is 5.95 Å². The van der Waals surface area contributed by atoms with Gasteiger partial charge in [-0.15, -0.1) is 0 Å². The Hall–Kier alpha value is -1.89. The van der Waals surface area contributed by atoms with Crippen LogP contribution in [0.1, 0.15) is 0 Å². The van der Waals surface area contributed by atoms with Crippen LogP contribution < -0.4 is 0 Å². The molecule has 0 bridgehead atoms. The lowest BCUT2D eigenvalue weighted by Gasteiger charge is -1.83. The number of aryl methyl sites for hydroxylation is 1. The number of diazo groups is 1. The minimum absolute atomic E-state index is 0.330. The smallest absolute Gasteiger partial charge is 0.211 e. The Labute approximate surface area is 69.1 Å². The van der Waals surface area contributed by atoms with Gasteiger partial charge in [-0.05, 0) is 17.1 Å². The Morgan fingerprint density at radius 3 is 2.83 bits per heavy atom. The molecule has 0 amide bonds. The summed E-state index contributed by atoms with van der Waals surface area (Å²) >= 11 is 0. The zero-order chi connectivity index (χ0) is 8.55. The summed E-state index contributed by atoms with van der Waals surface area (Å²) in [6.45, 7) is 0. The molecule has 0 fully saturated rings. The van der Waals surface area contributed by atoms with E-state index in [2.05, 4.69) is 9.96 Å². The predicted octanol–water partition coefficient (Wildman–Crippen LogP) is 2.06. The second-order valence-electron chi connectivity index (χ2n) is 2.56. The SMILES string of the molecule is Cn1c([N+]#N)nc2ccccc21. The van der Waals surface area contributed by atoms with Gasteiger partial charge >= 0.3 is 5.95 Å². The van der Waals surface area contributed by atoms with Crippen molar-refractivity contribution in [2.24, 2.45) is 7.05 Å². The van der Waals surface area contributed by atoms with Gasteiger partial charge in [0.05, 0.1) is 12.4 Å². The van der Waals surface area contributed by atoms with Crippen molar-refractivity contribution < 1.29 is 0 Å². The summed E-state index contributed by atoms with van der Waals surface area (Å²) in [6, 6.07) is 7.63. The monoisotopic (exact) mass is 159 g/mol. The molecule has 0 saturated heterocycles. The first-order valence-electron chi connectivity index (χ1n) is 3.59. The largest absolute Gasteiger partial charge is 0.528 e. The van der Waals surface area contributed by atoms with Crippen molar-refractivity contribution in [3.8, 4) is 0 Å². The first kappa shape index (κ1) is 6.80. The highest BCUT2D eigenvalue weighted by Gasteiger charge is 2.16. The van der Waals surface area contributed by atoms with Crippen LogP contribution >= 0.6 is 0 Å². The molecule has 58 valence electrons. The van der Waals surface area contributed by atoms with Crippen molar-refractivity contribution in [1.29, 1.82) is 5.39 Å². The molecule has 0 aliphatic rings. The van der Waals surface area contributed by atoms with Gasteiger partial charge in [0.15, 0.2) is 5.52 Å². The molecule has 2 aromatic rings. The summed E-state index contributed by atoms with van der Waals surface area (Å²) in [4.78, 5) is 7.14. The summed E-state index contributed by atoms with van der Waals surface area (Å²) in [5, 5.41) is 8.56. The number of benzene rings is 1. The lowest BCUT2D eigenvalue weighted by Crippen LogP contribution is -1.83. The van der Waals surface area contributed by atoms with Gasteiger partial charge in [-0.1, -0.05) is 17.1 Å². The van der Waals surface area contributed by atoms with Gasteiger partial charge in [0.1, 0.15) is 5.52 Å². The fourth-order valence-electron chi connectivity index (χ4n) is 1.22. The highest BCUT2D eigenvalue weighted by atomic mass is 15.2. The minimum atomic E-state index is 0.330. The fourth-order valence-corrected chi connectivity index (χ4v) is 1.22. The molecule has 1 heterocycles. The number of hydrogen-bond donors (Lipinski definition) is 0. The summed E-state index contributed by atoms with van der Waals surface area (Å²) in [6.07, 6.45) is 0. The van der Waals surface area contributed by atoms with Gasteiger partial charge in [-0.2, -0.15) is 0 Å². The molecule has 0 radical (unpaired) electrons. The van der Waals surface area contributed by atoms with Crippen LogP contribution in [0.25, 0.3) is 16.0 Å². The molecule has 0 aliphatic heterocycles. The third kappa shape index (κ3) is 0.768. The summed E-state index contributed by atoms with van der Waals surface area (Å²) in [5.74, 6) is 0.330. The van der Waals surface area contributed by atoms with Gasteiger partial charge in [-0.25, -0.2) is 4.57 Å². The third-order valence-electron chi connectivity index (χ3n) is 1.85. The number of imidazole rings is 1. The molecule has 0 unspecified atom stereocenters. The summed E-state index contributed by atoms with van der Waals surface area (Å²) < 4.78 is 1.73. The van der Waals surface area contributed by atoms with E-state index in [-0.39, 0.29) is 0 Å². The molecule has 2 rings (SSSR count). The van der Waals surface area contributed by atoms with Crippen molar-refractivity contribution in [3.63, 3.8) is 0 Å². The molecule has 0 spiro atoms. The quantitative estimate of drug-likeness (QED) is 0.552. The van der Waals surface area contributed by atoms with E-state index >= 15 is 0 Å². The van der Waals surface area contributed by atoms with Crippen molar-refractivity contribution >= 4 is 17.0 Å². The van der Waals surface area contributed by atoms with E-state index in [0.717, 1.165) is 11.0 Å². The van der Waals surface area contributed by atoms with E-state index in [0.29, 0.717) is 5.95 Å². The van der Waals surface area contributed by atoms with Crippen LogP contribution in [-0.4, -0.2) is 9.55 Å². The van der Waals surface area contributed by atoms with Crippen molar-refractivity contribution in [2.45, 2.75) is 0 Å². The van der Waals surface area contributed by atoms with Crippen molar-refractivity contribution in [2.75, 3.05) is 0 Å². The molecule has 1 aromatic heterocycles. The number of fused-ring (bicyclic) bond motifs is 1. The van der Waals surface area contributed by atoms with E-state index in [1.807, 2.05) is 31.3 Å². The Morgan fingerprint density at radius 2 is 2.17 bits per heavy atom. The van der Waals surface area contributed by atoms with Gasteiger partial charge in [-0.3, -0.25) is 0 Å². The average Bonchev–Trinajstić information content (AvgIpc) is 2.44. The first-order chi connectivity index (χ1) is 5.83. The van der Waals surface area contributed by atoms with Crippen molar-refractivity contribution in [1.82, 2.24) is 9.55 Å². The maximum absolute atomic E-state index is 8.56. The van der Waals surface area contributed by atoms with Gasteiger partial charge in [0.2, 0.25) is 0 Å². The molecular weight excluding hydrogens is 152 g/mol. The van der Waals surface area contributed by atoms with Crippen LogP contribution in [0.5, 0.6) is 0 Å². The van der Waals surface area contributed by atoms with Crippen LogP contribution in [-0.2, 0) is 7.05 Å². The standard InChI is InChI=1S/C8H7N4/c1-12-7-5-3-2-4-6(7)10-8(12)11-9/h2-5H,1H3/q+1. The summed E-state index contributed by atoms with van der Waals surface area (Å²) in [7, 11) is 1.81. The van der Waals surface area contributed by atoms with Gasteiger partial charge in [0, 0.05) is 0 Å². The average molecular weight is 159 g/mol. The molecule has 1 aromatic carbocycles.